The molecule has 2 rings (SSSR count). The number of esters is 1. The van der Waals surface area contributed by atoms with Gasteiger partial charge in [0.25, 0.3) is 0 Å². The van der Waals surface area contributed by atoms with E-state index in [1.54, 1.807) is 20.0 Å². The summed E-state index contributed by atoms with van der Waals surface area (Å²) in [6.45, 7) is 9.16. The highest BCUT2D eigenvalue weighted by Crippen LogP contribution is 2.29. The van der Waals surface area contributed by atoms with Crippen molar-refractivity contribution < 1.29 is 24.2 Å². The zero-order chi connectivity index (χ0) is 23.8. The SMILES string of the molecule is CCC(C(=O)N[C@@H](Cc1ccccc1)C(O)C(=O)OC(C)C)N1C=CSC(C(C)C)C1=O. The summed E-state index contributed by atoms with van der Waals surface area (Å²) < 4.78 is 5.15. The molecule has 4 atom stereocenters. The largest absolute Gasteiger partial charge is 0.461 e. The Morgan fingerprint density at radius 3 is 2.41 bits per heavy atom. The predicted octanol–water partition coefficient (Wildman–Crippen LogP) is 2.88. The smallest absolute Gasteiger partial charge is 0.337 e. The van der Waals surface area contributed by atoms with E-state index in [1.165, 1.54) is 16.7 Å². The number of aliphatic hydroxyl groups is 1. The van der Waals surface area contributed by atoms with Crippen LogP contribution in [0.15, 0.2) is 41.9 Å². The van der Waals surface area contributed by atoms with Crippen LogP contribution in [0.5, 0.6) is 0 Å². The van der Waals surface area contributed by atoms with Crippen LogP contribution in [0.1, 0.15) is 46.6 Å². The molecule has 8 heteroatoms. The number of rotatable bonds is 10. The van der Waals surface area contributed by atoms with Crippen LogP contribution in [0.25, 0.3) is 0 Å². The van der Waals surface area contributed by atoms with Gasteiger partial charge in [-0.1, -0.05) is 51.1 Å². The molecule has 1 aromatic rings. The number of benzene rings is 1. The average Bonchev–Trinajstić information content (AvgIpc) is 2.74. The molecule has 0 saturated heterocycles. The summed E-state index contributed by atoms with van der Waals surface area (Å²) in [4.78, 5) is 40.0. The predicted molar refractivity (Wildman–Crippen MR) is 126 cm³/mol. The van der Waals surface area contributed by atoms with Gasteiger partial charge in [0.1, 0.15) is 6.04 Å². The molecule has 1 aromatic carbocycles. The summed E-state index contributed by atoms with van der Waals surface area (Å²) >= 11 is 1.45. The Bertz CT molecular complexity index is 812. The third-order valence-electron chi connectivity index (χ3n) is 5.18. The van der Waals surface area contributed by atoms with E-state index in [9.17, 15) is 19.5 Å². The summed E-state index contributed by atoms with van der Waals surface area (Å²) in [6.07, 6.45) is 0.337. The molecule has 0 saturated carbocycles. The quantitative estimate of drug-likeness (QED) is 0.519. The number of hydrogen-bond acceptors (Lipinski definition) is 6. The Balaban J connectivity index is 2.23. The van der Waals surface area contributed by atoms with Gasteiger partial charge < -0.3 is 20.1 Å². The Morgan fingerprint density at radius 2 is 1.84 bits per heavy atom. The minimum absolute atomic E-state index is 0.117. The van der Waals surface area contributed by atoms with Crippen LogP contribution in [0, 0.1) is 5.92 Å². The summed E-state index contributed by atoms with van der Waals surface area (Å²) in [5.41, 5.74) is 0.854. The van der Waals surface area contributed by atoms with Crippen molar-refractivity contribution in [2.45, 2.75) is 77.0 Å². The van der Waals surface area contributed by atoms with Crippen molar-refractivity contribution in [3.63, 3.8) is 0 Å². The van der Waals surface area contributed by atoms with Crippen LogP contribution in [0.4, 0.5) is 0 Å². The van der Waals surface area contributed by atoms with Gasteiger partial charge in [0, 0.05) is 6.20 Å². The van der Waals surface area contributed by atoms with Gasteiger partial charge in [-0.3, -0.25) is 9.59 Å². The highest BCUT2D eigenvalue weighted by atomic mass is 32.2. The molecule has 0 bridgehead atoms. The Labute approximate surface area is 194 Å². The van der Waals surface area contributed by atoms with Crippen LogP contribution in [0.2, 0.25) is 0 Å². The number of nitrogens with one attached hydrogen (secondary N) is 1. The highest BCUT2D eigenvalue weighted by Gasteiger charge is 2.37. The molecule has 0 aromatic heterocycles. The second-order valence-electron chi connectivity index (χ2n) is 8.49. The van der Waals surface area contributed by atoms with Gasteiger partial charge in [0.2, 0.25) is 11.8 Å². The molecule has 0 fully saturated rings. The number of nitrogens with zero attached hydrogens (tertiary/aromatic N) is 1. The fraction of sp³-hybridized carbons (Fsp3) is 0.542. The highest BCUT2D eigenvalue weighted by molar-refractivity contribution is 8.03. The maximum absolute atomic E-state index is 13.2. The Kier molecular flexibility index (Phi) is 9.78. The van der Waals surface area contributed by atoms with E-state index in [4.69, 9.17) is 4.74 Å². The van der Waals surface area contributed by atoms with E-state index in [1.807, 2.05) is 56.5 Å². The lowest BCUT2D eigenvalue weighted by Gasteiger charge is -2.35. The van der Waals surface area contributed by atoms with Gasteiger partial charge in [-0.05, 0) is 43.6 Å². The van der Waals surface area contributed by atoms with Gasteiger partial charge in [-0.2, -0.15) is 0 Å². The fourth-order valence-electron chi connectivity index (χ4n) is 3.53. The molecule has 1 heterocycles. The van der Waals surface area contributed by atoms with Crippen molar-refractivity contribution in [3.05, 3.63) is 47.5 Å². The van der Waals surface area contributed by atoms with Crippen LogP contribution in [-0.4, -0.2) is 57.3 Å². The molecule has 0 aliphatic carbocycles. The summed E-state index contributed by atoms with van der Waals surface area (Å²) in [6, 6.07) is 7.64. The maximum atomic E-state index is 13.2. The molecule has 176 valence electrons. The third kappa shape index (κ3) is 6.84. The third-order valence-corrected chi connectivity index (χ3v) is 6.49. The molecule has 1 aliphatic heterocycles. The number of carbonyl (C=O) groups is 3. The minimum atomic E-state index is -1.54. The average molecular weight is 463 g/mol. The fourth-order valence-corrected chi connectivity index (χ4v) is 4.45. The van der Waals surface area contributed by atoms with Crippen molar-refractivity contribution in [2.75, 3.05) is 0 Å². The molecule has 2 N–H and O–H groups in total. The van der Waals surface area contributed by atoms with E-state index in [-0.39, 0.29) is 23.5 Å². The van der Waals surface area contributed by atoms with E-state index >= 15 is 0 Å². The first-order valence-electron chi connectivity index (χ1n) is 11.0. The summed E-state index contributed by atoms with van der Waals surface area (Å²) in [5, 5.41) is 15.1. The first-order chi connectivity index (χ1) is 15.1. The van der Waals surface area contributed by atoms with Crippen molar-refractivity contribution in [3.8, 4) is 0 Å². The van der Waals surface area contributed by atoms with Crippen molar-refractivity contribution in [1.82, 2.24) is 10.2 Å². The summed E-state index contributed by atoms with van der Waals surface area (Å²) in [7, 11) is 0. The van der Waals surface area contributed by atoms with E-state index in [2.05, 4.69) is 5.32 Å². The van der Waals surface area contributed by atoms with E-state index in [0.717, 1.165) is 5.56 Å². The van der Waals surface area contributed by atoms with E-state index < -0.39 is 36.2 Å². The molecule has 3 unspecified atom stereocenters. The minimum Gasteiger partial charge on any atom is -0.461 e. The lowest BCUT2D eigenvalue weighted by molar-refractivity contribution is -0.159. The second kappa shape index (κ2) is 12.1. The summed E-state index contributed by atoms with van der Waals surface area (Å²) in [5.74, 6) is -1.20. The molecular weight excluding hydrogens is 428 g/mol. The van der Waals surface area contributed by atoms with Gasteiger partial charge >= 0.3 is 5.97 Å². The molecule has 2 amide bonds. The van der Waals surface area contributed by atoms with Gasteiger partial charge in [-0.15, -0.1) is 11.8 Å². The first-order valence-corrected chi connectivity index (χ1v) is 12.0. The molecule has 1 aliphatic rings. The van der Waals surface area contributed by atoms with Crippen LogP contribution in [0.3, 0.4) is 0 Å². The number of ether oxygens (including phenoxy) is 1. The van der Waals surface area contributed by atoms with Gasteiger partial charge in [0.15, 0.2) is 6.10 Å². The van der Waals surface area contributed by atoms with Crippen molar-refractivity contribution in [1.29, 1.82) is 0 Å². The lowest BCUT2D eigenvalue weighted by Crippen LogP contribution is -2.56. The number of thioether (sulfide) groups is 1. The number of aliphatic hydroxyl groups excluding tert-OH is 1. The number of hydrogen-bond donors (Lipinski definition) is 2. The Morgan fingerprint density at radius 1 is 1.19 bits per heavy atom. The van der Waals surface area contributed by atoms with Crippen molar-refractivity contribution >= 4 is 29.5 Å². The zero-order valence-corrected chi connectivity index (χ0v) is 20.2. The van der Waals surface area contributed by atoms with Gasteiger partial charge in [-0.25, -0.2) is 4.79 Å². The van der Waals surface area contributed by atoms with E-state index in [0.29, 0.717) is 6.42 Å². The zero-order valence-electron chi connectivity index (χ0n) is 19.4. The van der Waals surface area contributed by atoms with Crippen molar-refractivity contribution in [2.24, 2.45) is 5.92 Å². The normalized spacial score (nSPS) is 19.1. The maximum Gasteiger partial charge on any atom is 0.337 e. The molecule has 0 radical (unpaired) electrons. The monoisotopic (exact) mass is 462 g/mol. The number of carbonyl (C=O) groups excluding carboxylic acids is 3. The standard InChI is InChI=1S/C24H34N2O5S/c1-6-19(26-12-13-32-21(15(2)3)23(26)29)22(28)25-18(14-17-10-8-7-9-11-17)20(27)24(30)31-16(4)5/h7-13,15-16,18-21,27H,6,14H2,1-5H3,(H,25,28)/t18-,19?,20?,21?/m0/s1. The van der Waals surface area contributed by atoms with Crippen LogP contribution in [-0.2, 0) is 25.5 Å². The molecule has 7 nitrogen and oxygen atoms in total. The Hall–Kier alpha value is -2.32. The first kappa shape index (κ1) is 25.9. The molecular formula is C24H34N2O5S. The topological polar surface area (TPSA) is 95.9 Å². The van der Waals surface area contributed by atoms with Crippen LogP contribution >= 0.6 is 11.8 Å². The van der Waals surface area contributed by atoms with Crippen LogP contribution < -0.4 is 5.32 Å². The molecule has 32 heavy (non-hydrogen) atoms. The molecule has 0 spiro atoms. The lowest BCUT2D eigenvalue weighted by atomic mass is 10.00. The van der Waals surface area contributed by atoms with Gasteiger partial charge in [0.05, 0.1) is 17.4 Å². The second-order valence-corrected chi connectivity index (χ2v) is 9.54. The number of amides is 2.